The van der Waals surface area contributed by atoms with Crippen LogP contribution in [-0.4, -0.2) is 59.6 Å². The summed E-state index contributed by atoms with van der Waals surface area (Å²) in [6, 6.07) is 0. The molecule has 0 spiro atoms. The minimum atomic E-state index is -1.03. The van der Waals surface area contributed by atoms with Crippen molar-refractivity contribution in [3.63, 3.8) is 0 Å². The van der Waals surface area contributed by atoms with Gasteiger partial charge in [0, 0.05) is 11.9 Å². The van der Waals surface area contributed by atoms with E-state index < -0.39 is 17.5 Å². The van der Waals surface area contributed by atoms with Gasteiger partial charge in [-0.3, -0.25) is 0 Å². The molecule has 5 nitrogen and oxygen atoms in total. The summed E-state index contributed by atoms with van der Waals surface area (Å²) in [5, 5.41) is 30.4. The van der Waals surface area contributed by atoms with E-state index in [4.69, 9.17) is 5.11 Å². The van der Waals surface area contributed by atoms with Crippen molar-refractivity contribution in [2.45, 2.75) is 77.2 Å². The molecule has 156 valence electrons. The predicted octanol–water partition coefficient (Wildman–Crippen LogP) is 2.28. The lowest BCUT2D eigenvalue weighted by Crippen LogP contribution is -2.50. The van der Waals surface area contributed by atoms with Gasteiger partial charge in [0.1, 0.15) is 6.54 Å². The Morgan fingerprint density at radius 3 is 1.96 bits per heavy atom. The topological polar surface area (TPSA) is 80.6 Å². The highest BCUT2D eigenvalue weighted by Gasteiger charge is 2.44. The Balaban J connectivity index is 0.000000543. The van der Waals surface area contributed by atoms with Crippen molar-refractivity contribution < 1.29 is 24.6 Å². The van der Waals surface area contributed by atoms with Crippen LogP contribution in [0, 0.1) is 11.8 Å². The number of hydrogen-bond acceptors (Lipinski definition) is 4. The van der Waals surface area contributed by atoms with Crippen LogP contribution in [0.1, 0.15) is 71.6 Å². The van der Waals surface area contributed by atoms with Gasteiger partial charge in [-0.25, -0.2) is 0 Å². The number of carbonyl (C=O) groups excluding carboxylic acids is 1. The number of halogens is 1. The van der Waals surface area contributed by atoms with Gasteiger partial charge in [-0.05, 0) is 45.4 Å². The first-order chi connectivity index (χ1) is 11.8. The molecule has 1 unspecified atom stereocenters. The van der Waals surface area contributed by atoms with Gasteiger partial charge in [-0.15, -0.1) is 17.0 Å². The molecule has 0 aromatic heterocycles. The summed E-state index contributed by atoms with van der Waals surface area (Å²) in [7, 11) is 2.16. The van der Waals surface area contributed by atoms with Gasteiger partial charge in [0.05, 0.1) is 32.3 Å². The fraction of sp³-hybridized carbons (Fsp3) is 0.950. The van der Waals surface area contributed by atoms with E-state index in [9.17, 15) is 15.0 Å². The quantitative estimate of drug-likeness (QED) is 0.598. The largest absolute Gasteiger partial charge is 0.550 e. The molecule has 1 atom stereocenters. The molecule has 2 N–H and O–H groups in total. The molecule has 26 heavy (non-hydrogen) atoms. The minimum Gasteiger partial charge on any atom is -0.550 e. The maximum atomic E-state index is 11.3. The second-order valence-corrected chi connectivity index (χ2v) is 8.20. The fourth-order valence-electron chi connectivity index (χ4n) is 4.40. The maximum Gasteiger partial charge on any atom is 0.102 e. The predicted molar refractivity (Wildman–Crippen MR) is 108 cm³/mol. The number of carbonyl (C=O) groups is 1. The van der Waals surface area contributed by atoms with Gasteiger partial charge in [-0.2, -0.15) is 0 Å². The van der Waals surface area contributed by atoms with Gasteiger partial charge in [0.15, 0.2) is 0 Å². The molecule has 0 bridgehead atoms. The van der Waals surface area contributed by atoms with Crippen LogP contribution in [0.15, 0.2) is 0 Å². The molecule has 2 rings (SSSR count). The first-order valence-electron chi connectivity index (χ1n) is 10.2. The van der Waals surface area contributed by atoms with Crippen molar-refractivity contribution >= 4 is 23.0 Å². The van der Waals surface area contributed by atoms with E-state index in [0.29, 0.717) is 19.4 Å². The Morgan fingerprint density at radius 2 is 1.62 bits per heavy atom. The van der Waals surface area contributed by atoms with Crippen LogP contribution in [-0.2, 0) is 4.79 Å². The summed E-state index contributed by atoms with van der Waals surface area (Å²) in [4.78, 5) is 11.3. The van der Waals surface area contributed by atoms with Crippen molar-refractivity contribution in [1.82, 2.24) is 0 Å². The summed E-state index contributed by atoms with van der Waals surface area (Å²) in [6.45, 7) is 7.71. The lowest BCUT2D eigenvalue weighted by Gasteiger charge is -2.40. The minimum absolute atomic E-state index is 0. The monoisotopic (exact) mass is 437 g/mol. The standard InChI is InChI=1S/C13H22O3.C7H18NO.BrH/c14-12(15)11(10-6-2-1-3-7-10)13(16)8-4-5-9-13;1-4-8(3,5-2)6-7-9;/h10-11,16H,1-9H2,(H,14,15);9H,4-7H2,1-3H3;1H/q;+1;/p-1. The molecule has 0 aliphatic heterocycles. The number of carboxylic acid groups (broad SMARTS) is 1. The number of aliphatic hydroxyl groups is 2. The van der Waals surface area contributed by atoms with Crippen LogP contribution in [0.4, 0.5) is 0 Å². The zero-order valence-corrected chi connectivity index (χ0v) is 18.6. The van der Waals surface area contributed by atoms with Crippen molar-refractivity contribution in [2.75, 3.05) is 33.3 Å². The molecular formula is C20H40BrNO4. The van der Waals surface area contributed by atoms with Crippen molar-refractivity contribution in [2.24, 2.45) is 11.8 Å². The number of rotatable bonds is 7. The Bertz CT molecular complexity index is 389. The lowest BCUT2D eigenvalue weighted by molar-refractivity contribution is -0.906. The number of aliphatic hydroxyl groups excluding tert-OH is 1. The third-order valence-corrected chi connectivity index (χ3v) is 6.59. The Kier molecular flexibility index (Phi) is 12.2. The molecule has 2 fully saturated rings. The van der Waals surface area contributed by atoms with E-state index >= 15 is 0 Å². The van der Waals surface area contributed by atoms with Crippen LogP contribution >= 0.6 is 17.0 Å². The molecule has 2 aliphatic rings. The zero-order chi connectivity index (χ0) is 18.9. The number of hydrogen-bond donors (Lipinski definition) is 2. The second kappa shape index (κ2) is 12.3. The molecule has 0 saturated heterocycles. The van der Waals surface area contributed by atoms with E-state index in [1.165, 1.54) is 6.42 Å². The van der Waals surface area contributed by atoms with E-state index in [2.05, 4.69) is 20.9 Å². The van der Waals surface area contributed by atoms with E-state index in [1.807, 2.05) is 0 Å². The van der Waals surface area contributed by atoms with Gasteiger partial charge in [0.25, 0.3) is 0 Å². The molecule has 2 saturated carbocycles. The first-order valence-corrected chi connectivity index (χ1v) is 10.2. The number of carboxylic acids is 1. The van der Waals surface area contributed by atoms with Gasteiger partial charge >= 0.3 is 0 Å². The van der Waals surface area contributed by atoms with E-state index in [1.54, 1.807) is 0 Å². The molecular weight excluding hydrogens is 398 g/mol. The average molecular weight is 438 g/mol. The second-order valence-electron chi connectivity index (χ2n) is 8.20. The Labute approximate surface area is 170 Å². The summed E-state index contributed by atoms with van der Waals surface area (Å²) < 4.78 is 0.983. The fourth-order valence-corrected chi connectivity index (χ4v) is 4.40. The van der Waals surface area contributed by atoms with E-state index in [-0.39, 0.29) is 22.9 Å². The SMILES string of the molecule is Br.CC[N+](C)(CC)CCO.O=C([O-])C(C1CCCCC1)C1(O)CCCC1. The maximum absolute atomic E-state index is 11.3. The highest BCUT2D eigenvalue weighted by atomic mass is 79.9. The van der Waals surface area contributed by atoms with E-state index in [0.717, 1.165) is 62.6 Å². The number of likely N-dealkylation sites (N-methyl/N-ethyl adjacent to an activating group) is 1. The normalized spacial score (nSPS) is 21.3. The average Bonchev–Trinajstić information content (AvgIpc) is 3.03. The molecule has 0 amide bonds. The Hall–Kier alpha value is -0.170. The van der Waals surface area contributed by atoms with Crippen LogP contribution in [0.25, 0.3) is 0 Å². The van der Waals surface area contributed by atoms with Crippen molar-refractivity contribution in [3.8, 4) is 0 Å². The molecule has 2 aliphatic carbocycles. The highest BCUT2D eigenvalue weighted by molar-refractivity contribution is 8.93. The summed E-state index contributed by atoms with van der Waals surface area (Å²) >= 11 is 0. The molecule has 0 aromatic carbocycles. The molecule has 0 aromatic rings. The first kappa shape index (κ1) is 25.8. The summed E-state index contributed by atoms with van der Waals surface area (Å²) in [5.74, 6) is -1.52. The number of nitrogens with zero attached hydrogens (tertiary/aromatic N) is 1. The van der Waals surface area contributed by atoms with Crippen LogP contribution < -0.4 is 5.11 Å². The summed E-state index contributed by atoms with van der Waals surface area (Å²) in [6.07, 6.45) is 8.48. The van der Waals surface area contributed by atoms with Gasteiger partial charge in [-0.1, -0.05) is 32.1 Å². The zero-order valence-electron chi connectivity index (χ0n) is 16.9. The molecule has 0 radical (unpaired) electrons. The van der Waals surface area contributed by atoms with Crippen molar-refractivity contribution in [1.29, 1.82) is 0 Å². The van der Waals surface area contributed by atoms with Crippen LogP contribution in [0.3, 0.4) is 0 Å². The lowest BCUT2D eigenvalue weighted by atomic mass is 9.71. The number of aliphatic carboxylic acids is 1. The third kappa shape index (κ3) is 7.45. The van der Waals surface area contributed by atoms with Crippen LogP contribution in [0.5, 0.6) is 0 Å². The van der Waals surface area contributed by atoms with Crippen LogP contribution in [0.2, 0.25) is 0 Å². The highest BCUT2D eigenvalue weighted by Crippen LogP contribution is 2.43. The number of quaternary nitrogens is 1. The molecule has 0 heterocycles. The van der Waals surface area contributed by atoms with Gasteiger partial charge < -0.3 is 24.6 Å². The third-order valence-electron chi connectivity index (χ3n) is 6.59. The molecule has 6 heteroatoms. The summed E-state index contributed by atoms with van der Waals surface area (Å²) in [5.41, 5.74) is -0.971. The smallest absolute Gasteiger partial charge is 0.102 e. The van der Waals surface area contributed by atoms with Crippen molar-refractivity contribution in [3.05, 3.63) is 0 Å². The Morgan fingerprint density at radius 1 is 1.12 bits per heavy atom. The van der Waals surface area contributed by atoms with Gasteiger partial charge in [0.2, 0.25) is 0 Å².